The number of rotatable bonds is 4. The molecule has 1 heterocycles. The zero-order valence-corrected chi connectivity index (χ0v) is 9.61. The van der Waals surface area contributed by atoms with E-state index in [1.54, 1.807) is 5.38 Å². The van der Waals surface area contributed by atoms with Gasteiger partial charge in [0.2, 0.25) is 0 Å². The molecule has 0 aliphatic rings. The van der Waals surface area contributed by atoms with Gasteiger partial charge in [-0.15, -0.1) is 0 Å². The molecule has 0 spiro atoms. The van der Waals surface area contributed by atoms with E-state index in [0.717, 1.165) is 35.2 Å². The first-order valence-corrected chi connectivity index (χ1v) is 5.84. The highest BCUT2D eigenvalue weighted by atomic mass is 32.1. The highest BCUT2D eigenvalue weighted by molar-refractivity contribution is 7.07. The lowest BCUT2D eigenvalue weighted by atomic mass is 10.2. The lowest BCUT2D eigenvalue weighted by Crippen LogP contribution is -2.14. The van der Waals surface area contributed by atoms with E-state index in [9.17, 15) is 13.6 Å². The predicted molar refractivity (Wildman–Crippen MR) is 61.8 cm³/mol. The molecule has 2 aromatic rings. The molecule has 1 aromatic carbocycles. The molecule has 2 rings (SSSR count). The molecule has 1 aromatic heterocycles. The Morgan fingerprint density at radius 1 is 1.29 bits per heavy atom. The molecule has 90 valence electrons. The summed E-state index contributed by atoms with van der Waals surface area (Å²) in [6.07, 6.45) is 0. The summed E-state index contributed by atoms with van der Waals surface area (Å²) < 4.78 is 26.1. The van der Waals surface area contributed by atoms with Crippen LogP contribution < -0.4 is 10.2 Å². The Morgan fingerprint density at radius 3 is 2.82 bits per heavy atom. The number of hydrogen-bond acceptors (Lipinski definition) is 3. The normalized spacial score (nSPS) is 10.7. The highest BCUT2D eigenvalue weighted by Gasteiger charge is 2.03. The maximum atomic E-state index is 13.2. The highest BCUT2D eigenvalue weighted by Crippen LogP contribution is 2.09. The fraction of sp³-hybridized carbons (Fsp3) is 0.182. The van der Waals surface area contributed by atoms with E-state index in [2.05, 4.69) is 10.3 Å². The SMILES string of the molecule is O=c1[nH]c(CNCc2cc(F)ccc2F)cs1. The number of aromatic amines is 1. The van der Waals surface area contributed by atoms with Crippen LogP contribution in [0.4, 0.5) is 8.78 Å². The van der Waals surface area contributed by atoms with Gasteiger partial charge in [0.05, 0.1) is 0 Å². The van der Waals surface area contributed by atoms with Gasteiger partial charge < -0.3 is 10.3 Å². The molecular formula is C11H10F2N2OS. The van der Waals surface area contributed by atoms with Crippen molar-refractivity contribution in [3.63, 3.8) is 0 Å². The van der Waals surface area contributed by atoms with Crippen molar-refractivity contribution in [2.45, 2.75) is 13.1 Å². The lowest BCUT2D eigenvalue weighted by Gasteiger charge is -2.04. The number of benzene rings is 1. The maximum absolute atomic E-state index is 13.2. The van der Waals surface area contributed by atoms with Gasteiger partial charge in [-0.3, -0.25) is 4.79 Å². The van der Waals surface area contributed by atoms with Crippen LogP contribution in [0.1, 0.15) is 11.3 Å². The van der Waals surface area contributed by atoms with Crippen molar-refractivity contribution >= 4 is 11.3 Å². The topological polar surface area (TPSA) is 44.9 Å². The fourth-order valence-corrected chi connectivity index (χ4v) is 1.99. The number of aromatic nitrogens is 1. The van der Waals surface area contributed by atoms with Crippen molar-refractivity contribution in [3.8, 4) is 0 Å². The Bertz CT molecular complexity index is 565. The molecule has 2 N–H and O–H groups in total. The number of thiazole rings is 1. The quantitative estimate of drug-likeness (QED) is 0.879. The second kappa shape index (κ2) is 5.20. The van der Waals surface area contributed by atoms with Crippen LogP contribution in [0.25, 0.3) is 0 Å². The number of nitrogens with one attached hydrogen (secondary N) is 2. The third-order valence-corrected chi connectivity index (χ3v) is 2.93. The number of halogens is 2. The summed E-state index contributed by atoms with van der Waals surface area (Å²) in [4.78, 5) is 13.3. The smallest absolute Gasteiger partial charge is 0.304 e. The molecule has 0 saturated heterocycles. The van der Waals surface area contributed by atoms with E-state index >= 15 is 0 Å². The van der Waals surface area contributed by atoms with E-state index in [4.69, 9.17) is 0 Å². The Labute approximate surface area is 100 Å². The Kier molecular flexibility index (Phi) is 3.65. The van der Waals surface area contributed by atoms with Crippen LogP contribution in [0.3, 0.4) is 0 Å². The van der Waals surface area contributed by atoms with Gasteiger partial charge in [-0.2, -0.15) is 0 Å². The summed E-state index contributed by atoms with van der Waals surface area (Å²) in [5, 5.41) is 4.62. The summed E-state index contributed by atoms with van der Waals surface area (Å²) in [5.74, 6) is -0.912. The summed E-state index contributed by atoms with van der Waals surface area (Å²) in [7, 11) is 0. The zero-order chi connectivity index (χ0) is 12.3. The van der Waals surface area contributed by atoms with Crippen molar-refractivity contribution in [2.24, 2.45) is 0 Å². The summed E-state index contributed by atoms with van der Waals surface area (Å²) in [6, 6.07) is 3.33. The number of hydrogen-bond donors (Lipinski definition) is 2. The van der Waals surface area contributed by atoms with E-state index in [1.165, 1.54) is 0 Å². The van der Waals surface area contributed by atoms with E-state index < -0.39 is 11.6 Å². The summed E-state index contributed by atoms with van der Waals surface area (Å²) in [6.45, 7) is 0.621. The first-order valence-electron chi connectivity index (χ1n) is 4.96. The largest absolute Gasteiger partial charge is 0.315 e. The molecular weight excluding hydrogens is 246 g/mol. The minimum Gasteiger partial charge on any atom is -0.315 e. The van der Waals surface area contributed by atoms with Crippen LogP contribution in [0.15, 0.2) is 28.4 Å². The van der Waals surface area contributed by atoms with Crippen molar-refractivity contribution in [2.75, 3.05) is 0 Å². The van der Waals surface area contributed by atoms with Gasteiger partial charge in [-0.25, -0.2) is 8.78 Å². The molecule has 0 aliphatic carbocycles. The molecule has 0 aliphatic heterocycles. The minimum atomic E-state index is -0.466. The second-order valence-corrected chi connectivity index (χ2v) is 4.35. The minimum absolute atomic E-state index is 0.126. The van der Waals surface area contributed by atoms with E-state index in [1.807, 2.05) is 0 Å². The Morgan fingerprint density at radius 2 is 2.12 bits per heavy atom. The average molecular weight is 256 g/mol. The molecule has 6 heteroatoms. The molecule has 0 amide bonds. The van der Waals surface area contributed by atoms with Gasteiger partial charge in [-0.05, 0) is 18.2 Å². The molecule has 0 atom stereocenters. The van der Waals surface area contributed by atoms with Gasteiger partial charge in [0.25, 0.3) is 0 Å². The fourth-order valence-electron chi connectivity index (χ4n) is 1.41. The first kappa shape index (κ1) is 11.9. The van der Waals surface area contributed by atoms with Crippen LogP contribution in [-0.2, 0) is 13.1 Å². The van der Waals surface area contributed by atoms with E-state index in [-0.39, 0.29) is 17.0 Å². The van der Waals surface area contributed by atoms with Crippen LogP contribution in [-0.4, -0.2) is 4.98 Å². The molecule has 0 saturated carbocycles. The predicted octanol–water partition coefficient (Wildman–Crippen LogP) is 2.00. The Balaban J connectivity index is 1.94. The van der Waals surface area contributed by atoms with E-state index in [0.29, 0.717) is 6.54 Å². The van der Waals surface area contributed by atoms with Crippen molar-refractivity contribution in [3.05, 3.63) is 56.1 Å². The van der Waals surface area contributed by atoms with Gasteiger partial charge in [0, 0.05) is 29.7 Å². The first-order chi connectivity index (χ1) is 8.15. The standard InChI is InChI=1S/C11H10F2N2OS/c12-8-1-2-10(13)7(3-8)4-14-5-9-6-17-11(16)15-9/h1-3,6,14H,4-5H2,(H,15,16). The van der Waals surface area contributed by atoms with Crippen LogP contribution >= 0.6 is 11.3 Å². The molecule has 17 heavy (non-hydrogen) atoms. The van der Waals surface area contributed by atoms with Crippen molar-refractivity contribution in [1.29, 1.82) is 0 Å². The Hall–Kier alpha value is -1.53. The van der Waals surface area contributed by atoms with Crippen LogP contribution in [0.5, 0.6) is 0 Å². The number of H-pyrrole nitrogens is 1. The summed E-state index contributed by atoms with van der Waals surface area (Å²) in [5.41, 5.74) is 0.999. The van der Waals surface area contributed by atoms with Gasteiger partial charge in [0.1, 0.15) is 11.6 Å². The summed E-state index contributed by atoms with van der Waals surface area (Å²) >= 11 is 1.07. The third kappa shape index (κ3) is 3.21. The zero-order valence-electron chi connectivity index (χ0n) is 8.80. The van der Waals surface area contributed by atoms with Crippen molar-refractivity contribution < 1.29 is 8.78 Å². The van der Waals surface area contributed by atoms with Crippen LogP contribution in [0, 0.1) is 11.6 Å². The monoisotopic (exact) mass is 256 g/mol. The second-order valence-electron chi connectivity index (χ2n) is 3.51. The van der Waals surface area contributed by atoms with Crippen LogP contribution in [0.2, 0.25) is 0 Å². The van der Waals surface area contributed by atoms with Gasteiger partial charge in [0.15, 0.2) is 0 Å². The average Bonchev–Trinajstić information content (AvgIpc) is 2.69. The maximum Gasteiger partial charge on any atom is 0.304 e. The van der Waals surface area contributed by atoms with Gasteiger partial charge >= 0.3 is 4.87 Å². The van der Waals surface area contributed by atoms with Gasteiger partial charge in [-0.1, -0.05) is 11.3 Å². The lowest BCUT2D eigenvalue weighted by molar-refractivity contribution is 0.567. The third-order valence-electron chi connectivity index (χ3n) is 2.21. The molecule has 0 unspecified atom stereocenters. The molecule has 3 nitrogen and oxygen atoms in total. The molecule has 0 bridgehead atoms. The van der Waals surface area contributed by atoms with Crippen molar-refractivity contribution in [1.82, 2.24) is 10.3 Å². The molecule has 0 fully saturated rings. The molecule has 0 radical (unpaired) electrons.